The SMILES string of the molecule is Cc1cc(C2C3=CCC4C(=O)N(C)C(=O)C4C3CC3(Cl)C(=O)N(C)C(=O)C23Cl)ccc1O. The van der Waals surface area contributed by atoms with Crippen molar-refractivity contribution in [2.45, 2.75) is 35.4 Å². The van der Waals surface area contributed by atoms with E-state index in [-0.39, 0.29) is 24.0 Å². The second kappa shape index (κ2) is 6.58. The highest BCUT2D eigenvalue weighted by molar-refractivity contribution is 6.53. The lowest BCUT2D eigenvalue weighted by Crippen LogP contribution is -2.60. The number of aromatic hydroxyl groups is 1. The number of carbonyl (C=O) groups excluding carboxylic acids is 4. The minimum Gasteiger partial charge on any atom is -0.508 e. The number of phenolic OH excluding ortho intramolecular Hbond substituents is 1. The average molecular weight is 477 g/mol. The van der Waals surface area contributed by atoms with E-state index in [1.165, 1.54) is 20.2 Å². The Morgan fingerprint density at radius 2 is 1.69 bits per heavy atom. The van der Waals surface area contributed by atoms with E-state index < -0.39 is 45.2 Å². The Hall–Kier alpha value is -2.38. The van der Waals surface area contributed by atoms with Crippen LogP contribution in [-0.4, -0.2) is 62.4 Å². The number of imide groups is 2. The van der Waals surface area contributed by atoms with Crippen molar-refractivity contribution in [2.75, 3.05) is 14.1 Å². The molecule has 32 heavy (non-hydrogen) atoms. The van der Waals surface area contributed by atoms with E-state index in [0.717, 1.165) is 15.4 Å². The van der Waals surface area contributed by atoms with Crippen molar-refractivity contribution < 1.29 is 24.3 Å². The number of halogens is 2. The van der Waals surface area contributed by atoms with Gasteiger partial charge in [0.2, 0.25) is 11.8 Å². The van der Waals surface area contributed by atoms with Gasteiger partial charge in [0.1, 0.15) is 5.75 Å². The molecular weight excluding hydrogens is 455 g/mol. The molecule has 4 aliphatic rings. The molecule has 1 aromatic carbocycles. The van der Waals surface area contributed by atoms with Crippen molar-refractivity contribution in [3.63, 3.8) is 0 Å². The molecule has 1 aromatic rings. The Morgan fingerprint density at radius 3 is 2.34 bits per heavy atom. The van der Waals surface area contributed by atoms with Crippen LogP contribution in [0.1, 0.15) is 29.9 Å². The van der Waals surface area contributed by atoms with Gasteiger partial charge in [-0.15, -0.1) is 23.2 Å². The molecule has 6 unspecified atom stereocenters. The summed E-state index contributed by atoms with van der Waals surface area (Å²) in [5.41, 5.74) is 1.95. The number of hydrogen-bond donors (Lipinski definition) is 1. The molecule has 0 aromatic heterocycles. The van der Waals surface area contributed by atoms with Crippen LogP contribution >= 0.6 is 23.2 Å². The zero-order valence-electron chi connectivity index (χ0n) is 17.8. The molecule has 6 atom stereocenters. The maximum atomic E-state index is 13.4. The number of allylic oxidation sites excluding steroid dienone is 2. The fourth-order valence-corrected chi connectivity index (χ4v) is 7.15. The van der Waals surface area contributed by atoms with Crippen LogP contribution in [0.2, 0.25) is 0 Å². The van der Waals surface area contributed by atoms with E-state index in [9.17, 15) is 24.3 Å². The molecule has 0 radical (unpaired) electrons. The van der Waals surface area contributed by atoms with Crippen LogP contribution in [0.3, 0.4) is 0 Å². The smallest absolute Gasteiger partial charge is 0.253 e. The summed E-state index contributed by atoms with van der Waals surface area (Å²) in [5, 5.41) is 10.0. The summed E-state index contributed by atoms with van der Waals surface area (Å²) in [4.78, 5) is 50.8. The number of nitrogens with zero attached hydrogens (tertiary/aromatic N) is 2. The van der Waals surface area contributed by atoms with Crippen LogP contribution in [0, 0.1) is 24.7 Å². The van der Waals surface area contributed by atoms with Crippen molar-refractivity contribution in [2.24, 2.45) is 17.8 Å². The third kappa shape index (κ3) is 2.33. The minimum atomic E-state index is -1.80. The number of rotatable bonds is 1. The Bertz CT molecular complexity index is 1150. The molecule has 0 spiro atoms. The fraction of sp³-hybridized carbons (Fsp3) is 0.478. The van der Waals surface area contributed by atoms with Gasteiger partial charge in [0.25, 0.3) is 11.8 Å². The van der Waals surface area contributed by atoms with Crippen LogP contribution in [0.25, 0.3) is 0 Å². The zero-order chi connectivity index (χ0) is 23.3. The molecule has 2 heterocycles. The first-order valence-electron chi connectivity index (χ1n) is 10.5. The molecule has 4 amide bonds. The quantitative estimate of drug-likeness (QED) is 0.381. The predicted molar refractivity (Wildman–Crippen MR) is 116 cm³/mol. The number of likely N-dealkylation sites (tertiary alicyclic amines) is 2. The molecule has 1 saturated carbocycles. The average Bonchev–Trinajstić information content (AvgIpc) is 3.05. The maximum absolute atomic E-state index is 13.4. The molecule has 2 saturated heterocycles. The molecule has 2 aliphatic heterocycles. The highest BCUT2D eigenvalue weighted by Crippen LogP contribution is 2.65. The van der Waals surface area contributed by atoms with E-state index in [0.29, 0.717) is 17.5 Å². The van der Waals surface area contributed by atoms with Crippen LogP contribution in [-0.2, 0) is 19.2 Å². The minimum absolute atomic E-state index is 0.0135. The monoisotopic (exact) mass is 476 g/mol. The first-order chi connectivity index (χ1) is 14.9. The van der Waals surface area contributed by atoms with E-state index in [1.807, 2.05) is 6.08 Å². The van der Waals surface area contributed by atoms with Gasteiger partial charge in [-0.1, -0.05) is 23.8 Å². The predicted octanol–water partition coefficient (Wildman–Crippen LogP) is 2.32. The molecule has 9 heteroatoms. The van der Waals surface area contributed by atoms with Gasteiger partial charge < -0.3 is 5.11 Å². The highest BCUT2D eigenvalue weighted by Gasteiger charge is 2.75. The third-order valence-corrected chi connectivity index (χ3v) is 9.20. The second-order valence-electron chi connectivity index (χ2n) is 9.28. The van der Waals surface area contributed by atoms with E-state index in [4.69, 9.17) is 23.2 Å². The number of aryl methyl sites for hydroxylation is 1. The van der Waals surface area contributed by atoms with Gasteiger partial charge >= 0.3 is 0 Å². The number of fused-ring (bicyclic) bond motifs is 4. The van der Waals surface area contributed by atoms with Gasteiger partial charge in [0, 0.05) is 20.0 Å². The van der Waals surface area contributed by atoms with Crippen LogP contribution in [0.4, 0.5) is 0 Å². The lowest BCUT2D eigenvalue weighted by molar-refractivity contribution is -0.140. The Kier molecular flexibility index (Phi) is 4.41. The van der Waals surface area contributed by atoms with Gasteiger partial charge in [0.15, 0.2) is 9.75 Å². The Labute approximate surface area is 194 Å². The summed E-state index contributed by atoms with van der Waals surface area (Å²) in [6.45, 7) is 1.72. The van der Waals surface area contributed by atoms with E-state index >= 15 is 0 Å². The van der Waals surface area contributed by atoms with Crippen molar-refractivity contribution >= 4 is 46.8 Å². The number of benzene rings is 1. The number of carbonyl (C=O) groups is 4. The lowest BCUT2D eigenvalue weighted by Gasteiger charge is -2.50. The number of amides is 4. The molecule has 1 N–H and O–H groups in total. The molecule has 168 valence electrons. The van der Waals surface area contributed by atoms with Gasteiger partial charge in [0.05, 0.1) is 11.8 Å². The first-order valence-corrected chi connectivity index (χ1v) is 11.2. The molecule has 3 fully saturated rings. The Balaban J connectivity index is 1.76. The fourth-order valence-electron chi connectivity index (χ4n) is 6.13. The number of hydrogen-bond acceptors (Lipinski definition) is 5. The summed E-state index contributed by atoms with van der Waals surface area (Å²) >= 11 is 14.1. The molecule has 7 nitrogen and oxygen atoms in total. The molecular formula is C23H22Cl2N2O5. The van der Waals surface area contributed by atoms with Crippen LogP contribution < -0.4 is 0 Å². The summed E-state index contributed by atoms with van der Waals surface area (Å²) in [5.74, 6) is -4.14. The summed E-state index contributed by atoms with van der Waals surface area (Å²) in [6, 6.07) is 4.90. The van der Waals surface area contributed by atoms with E-state index in [1.54, 1.807) is 19.1 Å². The standard InChI is InChI=1S/C23H22Cl2N2O5/c1-10-8-11(4-7-15(10)28)17-12-5-6-13-16(19(30)26(2)18(13)29)14(12)9-22(24)20(31)27(3)21(32)23(17,22)25/h4-5,7-8,13-14,16-17,28H,6,9H2,1-3H3. The van der Waals surface area contributed by atoms with Crippen LogP contribution in [0.15, 0.2) is 29.8 Å². The normalized spacial score (nSPS) is 38.6. The summed E-state index contributed by atoms with van der Waals surface area (Å²) < 4.78 is 0. The van der Waals surface area contributed by atoms with Gasteiger partial charge in [-0.25, -0.2) is 0 Å². The van der Waals surface area contributed by atoms with Crippen molar-refractivity contribution in [1.29, 1.82) is 0 Å². The Morgan fingerprint density at radius 1 is 1.00 bits per heavy atom. The van der Waals surface area contributed by atoms with Gasteiger partial charge in [-0.3, -0.25) is 29.0 Å². The highest BCUT2D eigenvalue weighted by atomic mass is 35.5. The third-order valence-electron chi connectivity index (χ3n) is 7.79. The lowest BCUT2D eigenvalue weighted by atomic mass is 9.56. The number of alkyl halides is 2. The van der Waals surface area contributed by atoms with Crippen molar-refractivity contribution in [1.82, 2.24) is 9.80 Å². The summed E-state index contributed by atoms with van der Waals surface area (Å²) in [7, 11) is 2.82. The van der Waals surface area contributed by atoms with E-state index in [2.05, 4.69) is 0 Å². The first kappa shape index (κ1) is 21.5. The topological polar surface area (TPSA) is 95.0 Å². The van der Waals surface area contributed by atoms with Crippen molar-refractivity contribution in [3.05, 3.63) is 41.0 Å². The molecule has 0 bridgehead atoms. The summed E-state index contributed by atoms with van der Waals surface area (Å²) in [6.07, 6.45) is 2.22. The number of phenols is 1. The molecule has 5 rings (SSSR count). The maximum Gasteiger partial charge on any atom is 0.253 e. The largest absolute Gasteiger partial charge is 0.508 e. The van der Waals surface area contributed by atoms with Gasteiger partial charge in [-0.2, -0.15) is 0 Å². The van der Waals surface area contributed by atoms with Gasteiger partial charge in [-0.05, 0) is 42.9 Å². The van der Waals surface area contributed by atoms with Crippen molar-refractivity contribution in [3.8, 4) is 5.75 Å². The van der Waals surface area contributed by atoms with Crippen LogP contribution in [0.5, 0.6) is 5.75 Å². The molecule has 2 aliphatic carbocycles. The zero-order valence-corrected chi connectivity index (χ0v) is 19.3. The second-order valence-corrected chi connectivity index (χ2v) is 10.5.